The highest BCUT2D eigenvalue weighted by Crippen LogP contribution is 2.33. The van der Waals surface area contributed by atoms with Gasteiger partial charge in [0.2, 0.25) is 10.0 Å². The molecule has 2 aliphatic heterocycles. The number of carbonyl (C=O) groups excluding carboxylic acids is 1. The van der Waals surface area contributed by atoms with Gasteiger partial charge in [-0.25, -0.2) is 8.42 Å². The smallest absolute Gasteiger partial charge is 0.258 e. The lowest BCUT2D eigenvalue weighted by Crippen LogP contribution is -2.29. The van der Waals surface area contributed by atoms with Crippen LogP contribution in [-0.4, -0.2) is 45.4 Å². The van der Waals surface area contributed by atoms with Crippen LogP contribution in [-0.2, 0) is 16.4 Å². The summed E-state index contributed by atoms with van der Waals surface area (Å²) < 4.78 is 32.2. The SMILES string of the molecule is COc1ccc(C(=O)N2CCc3cc(S(=O)(=O)N4CCCC4)ccc32)cc1. The van der Waals surface area contributed by atoms with Crippen LogP contribution in [0, 0.1) is 0 Å². The normalized spacial score (nSPS) is 17.1. The highest BCUT2D eigenvalue weighted by Gasteiger charge is 2.30. The summed E-state index contributed by atoms with van der Waals surface area (Å²) in [6, 6.07) is 12.1. The minimum atomic E-state index is -3.44. The molecule has 2 aliphatic rings. The van der Waals surface area contributed by atoms with Crippen LogP contribution >= 0.6 is 0 Å². The van der Waals surface area contributed by atoms with Gasteiger partial charge in [-0.15, -0.1) is 0 Å². The third-order valence-electron chi connectivity index (χ3n) is 5.23. The predicted molar refractivity (Wildman–Crippen MR) is 103 cm³/mol. The summed E-state index contributed by atoms with van der Waals surface area (Å²) in [6.07, 6.45) is 2.48. The minimum Gasteiger partial charge on any atom is -0.497 e. The van der Waals surface area contributed by atoms with E-state index in [1.54, 1.807) is 58.8 Å². The highest BCUT2D eigenvalue weighted by molar-refractivity contribution is 7.89. The number of methoxy groups -OCH3 is 1. The molecule has 1 saturated heterocycles. The van der Waals surface area contributed by atoms with E-state index < -0.39 is 10.0 Å². The standard InChI is InChI=1S/C20H22N2O4S/c1-26-17-6-4-15(5-7-17)20(23)22-13-10-16-14-18(8-9-19(16)22)27(24,25)21-11-2-3-12-21/h4-9,14H,2-3,10-13H2,1H3. The molecule has 0 atom stereocenters. The van der Waals surface area contributed by atoms with Crippen LogP contribution in [0.3, 0.4) is 0 Å². The summed E-state index contributed by atoms with van der Waals surface area (Å²) in [5.74, 6) is 0.608. The third-order valence-corrected chi connectivity index (χ3v) is 7.13. The quantitative estimate of drug-likeness (QED) is 0.810. The van der Waals surface area contributed by atoms with E-state index in [-0.39, 0.29) is 5.91 Å². The molecular formula is C20H22N2O4S. The topological polar surface area (TPSA) is 66.9 Å². The monoisotopic (exact) mass is 386 g/mol. The fourth-order valence-electron chi connectivity index (χ4n) is 3.72. The number of fused-ring (bicyclic) bond motifs is 1. The number of amides is 1. The van der Waals surface area contributed by atoms with Crippen molar-refractivity contribution < 1.29 is 17.9 Å². The van der Waals surface area contributed by atoms with Crippen molar-refractivity contribution >= 4 is 21.6 Å². The molecule has 1 fully saturated rings. The van der Waals surface area contributed by atoms with Gasteiger partial charge in [-0.2, -0.15) is 4.31 Å². The summed E-state index contributed by atoms with van der Waals surface area (Å²) in [6.45, 7) is 1.72. The zero-order chi connectivity index (χ0) is 19.0. The number of nitrogens with zero attached hydrogens (tertiary/aromatic N) is 2. The van der Waals surface area contributed by atoms with Gasteiger partial charge in [-0.05, 0) is 67.3 Å². The van der Waals surface area contributed by atoms with Gasteiger partial charge in [0.15, 0.2) is 0 Å². The van der Waals surface area contributed by atoms with E-state index in [0.717, 1.165) is 24.1 Å². The number of sulfonamides is 1. The second-order valence-corrected chi connectivity index (χ2v) is 8.77. The van der Waals surface area contributed by atoms with Gasteiger partial charge in [0.1, 0.15) is 5.75 Å². The first kappa shape index (κ1) is 18.0. The van der Waals surface area contributed by atoms with Gasteiger partial charge in [-0.3, -0.25) is 4.79 Å². The molecule has 7 heteroatoms. The predicted octanol–water partition coefficient (Wildman–Crippen LogP) is 2.68. The fourth-order valence-corrected chi connectivity index (χ4v) is 5.28. The van der Waals surface area contributed by atoms with E-state index in [2.05, 4.69) is 0 Å². The zero-order valence-corrected chi connectivity index (χ0v) is 16.0. The van der Waals surface area contributed by atoms with Gasteiger partial charge in [0.05, 0.1) is 12.0 Å². The number of rotatable bonds is 4. The molecule has 0 N–H and O–H groups in total. The van der Waals surface area contributed by atoms with Crippen molar-refractivity contribution in [2.45, 2.75) is 24.2 Å². The summed E-state index contributed by atoms with van der Waals surface area (Å²) in [5, 5.41) is 0. The lowest BCUT2D eigenvalue weighted by molar-refractivity contribution is 0.0989. The Morgan fingerprint density at radius 1 is 1.00 bits per heavy atom. The summed E-state index contributed by atoms with van der Waals surface area (Å²) in [5.41, 5.74) is 2.27. The molecule has 0 bridgehead atoms. The number of hydrogen-bond donors (Lipinski definition) is 0. The van der Waals surface area contributed by atoms with E-state index in [4.69, 9.17) is 4.74 Å². The number of hydrogen-bond acceptors (Lipinski definition) is 4. The molecule has 0 aromatic heterocycles. The van der Waals surface area contributed by atoms with E-state index >= 15 is 0 Å². The molecule has 2 heterocycles. The maximum Gasteiger partial charge on any atom is 0.258 e. The van der Waals surface area contributed by atoms with Crippen LogP contribution in [0.4, 0.5) is 5.69 Å². The number of anilines is 1. The summed E-state index contributed by atoms with van der Waals surface area (Å²) >= 11 is 0. The van der Waals surface area contributed by atoms with Crippen molar-refractivity contribution in [1.82, 2.24) is 4.31 Å². The maximum atomic E-state index is 12.9. The van der Waals surface area contributed by atoms with Gasteiger partial charge in [0, 0.05) is 30.9 Å². The molecule has 0 spiro atoms. The van der Waals surface area contributed by atoms with Crippen LogP contribution in [0.5, 0.6) is 5.75 Å². The zero-order valence-electron chi connectivity index (χ0n) is 15.2. The molecule has 0 aliphatic carbocycles. The molecule has 2 aromatic carbocycles. The molecule has 6 nitrogen and oxygen atoms in total. The van der Waals surface area contributed by atoms with Crippen molar-refractivity contribution in [1.29, 1.82) is 0 Å². The molecule has 2 aromatic rings. The van der Waals surface area contributed by atoms with Crippen LogP contribution in [0.2, 0.25) is 0 Å². The molecule has 0 radical (unpaired) electrons. The lowest BCUT2D eigenvalue weighted by Gasteiger charge is -2.19. The number of benzene rings is 2. The lowest BCUT2D eigenvalue weighted by atomic mass is 10.1. The fraction of sp³-hybridized carbons (Fsp3) is 0.350. The molecule has 4 rings (SSSR count). The van der Waals surface area contributed by atoms with Crippen molar-refractivity contribution in [2.75, 3.05) is 31.6 Å². The molecule has 0 unspecified atom stereocenters. The number of ether oxygens (including phenoxy) is 1. The third kappa shape index (κ3) is 3.21. The summed E-state index contributed by atoms with van der Waals surface area (Å²) in [4.78, 5) is 14.9. The highest BCUT2D eigenvalue weighted by atomic mass is 32.2. The Hall–Kier alpha value is -2.38. The average Bonchev–Trinajstić information content (AvgIpc) is 3.37. The van der Waals surface area contributed by atoms with E-state index in [1.807, 2.05) is 0 Å². The summed E-state index contributed by atoms with van der Waals surface area (Å²) in [7, 11) is -1.86. The van der Waals surface area contributed by atoms with E-state index in [0.29, 0.717) is 42.3 Å². The van der Waals surface area contributed by atoms with Crippen molar-refractivity contribution in [3.8, 4) is 5.75 Å². The van der Waals surface area contributed by atoms with Crippen LogP contribution in [0.15, 0.2) is 47.4 Å². The van der Waals surface area contributed by atoms with Gasteiger partial charge in [0.25, 0.3) is 5.91 Å². The first-order chi connectivity index (χ1) is 13.0. The molecule has 27 heavy (non-hydrogen) atoms. The molecule has 1 amide bonds. The second kappa shape index (κ2) is 6.98. The van der Waals surface area contributed by atoms with E-state index in [1.165, 1.54) is 0 Å². The van der Waals surface area contributed by atoms with Crippen LogP contribution in [0.1, 0.15) is 28.8 Å². The molecule has 0 saturated carbocycles. The Balaban J connectivity index is 1.60. The number of carbonyl (C=O) groups is 1. The first-order valence-electron chi connectivity index (χ1n) is 9.10. The van der Waals surface area contributed by atoms with Gasteiger partial charge >= 0.3 is 0 Å². The Morgan fingerprint density at radius 2 is 1.70 bits per heavy atom. The largest absolute Gasteiger partial charge is 0.497 e. The Kier molecular flexibility index (Phi) is 4.65. The minimum absolute atomic E-state index is 0.0912. The Bertz CT molecular complexity index is 964. The van der Waals surface area contributed by atoms with Gasteiger partial charge < -0.3 is 9.64 Å². The first-order valence-corrected chi connectivity index (χ1v) is 10.5. The molecular weight excluding hydrogens is 364 g/mol. The van der Waals surface area contributed by atoms with Crippen molar-refractivity contribution in [3.63, 3.8) is 0 Å². The van der Waals surface area contributed by atoms with Gasteiger partial charge in [-0.1, -0.05) is 0 Å². The second-order valence-electron chi connectivity index (χ2n) is 6.84. The van der Waals surface area contributed by atoms with Crippen molar-refractivity contribution in [2.24, 2.45) is 0 Å². The Morgan fingerprint density at radius 3 is 2.37 bits per heavy atom. The maximum absolute atomic E-state index is 12.9. The average molecular weight is 386 g/mol. The van der Waals surface area contributed by atoms with Crippen molar-refractivity contribution in [3.05, 3.63) is 53.6 Å². The Labute approximate surface area is 159 Å². The van der Waals surface area contributed by atoms with Crippen LogP contribution in [0.25, 0.3) is 0 Å². The van der Waals surface area contributed by atoms with Crippen LogP contribution < -0.4 is 9.64 Å². The van der Waals surface area contributed by atoms with E-state index in [9.17, 15) is 13.2 Å². The molecule has 142 valence electrons.